The van der Waals surface area contributed by atoms with Gasteiger partial charge in [-0.15, -0.1) is 24.8 Å². The zero-order valence-corrected chi connectivity index (χ0v) is 19.5. The van der Waals surface area contributed by atoms with Crippen LogP contribution in [-0.4, -0.2) is 24.5 Å². The molecule has 0 spiro atoms. The highest BCUT2D eigenvalue weighted by Crippen LogP contribution is 2.52. The molecule has 160 valence electrons. The maximum Gasteiger partial charge on any atom is 0.104 e. The van der Waals surface area contributed by atoms with E-state index in [1.807, 2.05) is 13.2 Å². The van der Waals surface area contributed by atoms with Crippen LogP contribution < -0.4 is 5.73 Å². The zero-order valence-electron chi connectivity index (χ0n) is 17.9. The first-order valence-corrected chi connectivity index (χ1v) is 10.2. The number of piperidine rings is 1. The average Bonchev–Trinajstić information content (AvgIpc) is 2.87. The Morgan fingerprint density at radius 3 is 2.34 bits per heavy atom. The lowest BCUT2D eigenvalue weighted by atomic mass is 9.77. The Balaban J connectivity index is 0.00000150. The summed E-state index contributed by atoms with van der Waals surface area (Å²) in [6.45, 7) is 12.1. The van der Waals surface area contributed by atoms with Gasteiger partial charge in [-0.05, 0) is 62.8 Å². The lowest BCUT2D eigenvalue weighted by Crippen LogP contribution is -2.44. The second-order valence-corrected chi connectivity index (χ2v) is 8.76. The average molecular weight is 437 g/mol. The van der Waals surface area contributed by atoms with Crippen molar-refractivity contribution in [2.45, 2.75) is 46.5 Å². The number of fused-ring (bicyclic) bond motifs is 1. The molecule has 3 aliphatic rings. The van der Waals surface area contributed by atoms with Gasteiger partial charge in [0.1, 0.15) is 5.76 Å². The number of hydrogen-bond donors (Lipinski definition) is 1. The van der Waals surface area contributed by atoms with Crippen LogP contribution in [0.5, 0.6) is 0 Å². The highest BCUT2D eigenvalue weighted by atomic mass is 35.5. The molecule has 5 heteroatoms. The highest BCUT2D eigenvalue weighted by Gasteiger charge is 2.47. The molecule has 2 atom stereocenters. The van der Waals surface area contributed by atoms with E-state index >= 15 is 0 Å². The molecular formula is C24H34Cl2N2O. The summed E-state index contributed by atoms with van der Waals surface area (Å²) < 4.78 is 5.78. The first kappa shape index (κ1) is 23.9. The quantitative estimate of drug-likeness (QED) is 0.651. The first-order valence-electron chi connectivity index (χ1n) is 10.2. The minimum Gasteiger partial charge on any atom is -0.469 e. The number of likely N-dealkylation sites (tertiary alicyclic amines) is 1. The number of nitrogens with two attached hydrogens (primary N) is 1. The molecule has 0 amide bonds. The smallest absolute Gasteiger partial charge is 0.104 e. The maximum atomic E-state index is 6.77. The molecule has 1 aliphatic carbocycles. The van der Waals surface area contributed by atoms with Gasteiger partial charge in [0.15, 0.2) is 0 Å². The third-order valence-corrected chi connectivity index (χ3v) is 7.27. The minimum atomic E-state index is -0.0318. The van der Waals surface area contributed by atoms with Crippen molar-refractivity contribution in [1.82, 2.24) is 4.90 Å². The largest absolute Gasteiger partial charge is 0.469 e. The Morgan fingerprint density at radius 2 is 1.72 bits per heavy atom. The van der Waals surface area contributed by atoms with Gasteiger partial charge in [0, 0.05) is 28.8 Å². The van der Waals surface area contributed by atoms with Crippen LogP contribution in [0.2, 0.25) is 0 Å². The van der Waals surface area contributed by atoms with Gasteiger partial charge in [-0.2, -0.15) is 0 Å². The number of allylic oxidation sites excluding steroid dienone is 4. The molecular weight excluding hydrogens is 403 g/mol. The second kappa shape index (κ2) is 9.16. The Hall–Kier alpha value is -1.42. The van der Waals surface area contributed by atoms with Gasteiger partial charge in [-0.1, -0.05) is 44.2 Å². The summed E-state index contributed by atoms with van der Waals surface area (Å²) in [7, 11) is 0. The topological polar surface area (TPSA) is 38.5 Å². The molecule has 2 aliphatic heterocycles. The van der Waals surface area contributed by atoms with Crippen LogP contribution in [0.25, 0.3) is 0 Å². The minimum absolute atomic E-state index is 0. The van der Waals surface area contributed by atoms with Crippen LogP contribution in [0, 0.1) is 11.3 Å². The number of ether oxygens (including phenoxy) is 1. The summed E-state index contributed by atoms with van der Waals surface area (Å²) in [5.74, 6) is 2.04. The molecule has 0 bridgehead atoms. The third-order valence-electron chi connectivity index (χ3n) is 7.27. The molecule has 2 N–H and O–H groups in total. The van der Waals surface area contributed by atoms with E-state index in [0.717, 1.165) is 31.1 Å². The number of hydrogen-bond acceptors (Lipinski definition) is 3. The van der Waals surface area contributed by atoms with Crippen LogP contribution in [0.4, 0.5) is 0 Å². The first-order chi connectivity index (χ1) is 12.9. The van der Waals surface area contributed by atoms with Gasteiger partial charge >= 0.3 is 0 Å². The van der Waals surface area contributed by atoms with E-state index < -0.39 is 0 Å². The van der Waals surface area contributed by atoms with Gasteiger partial charge in [-0.25, -0.2) is 0 Å². The van der Waals surface area contributed by atoms with E-state index in [1.165, 1.54) is 35.1 Å². The Labute approximate surface area is 187 Å². The van der Waals surface area contributed by atoms with E-state index in [9.17, 15) is 0 Å². The van der Waals surface area contributed by atoms with E-state index in [1.54, 1.807) is 0 Å². The number of rotatable bonds is 3. The summed E-state index contributed by atoms with van der Waals surface area (Å²) in [5.41, 5.74) is 13.0. The molecule has 0 saturated carbocycles. The molecule has 1 aromatic carbocycles. The van der Waals surface area contributed by atoms with Crippen molar-refractivity contribution in [3.05, 3.63) is 70.3 Å². The summed E-state index contributed by atoms with van der Waals surface area (Å²) in [5, 5.41) is 0. The van der Waals surface area contributed by atoms with Crippen molar-refractivity contribution < 1.29 is 4.74 Å². The number of halogens is 2. The highest BCUT2D eigenvalue weighted by molar-refractivity contribution is 5.85. The van der Waals surface area contributed by atoms with Crippen LogP contribution >= 0.6 is 24.8 Å². The predicted octanol–water partition coefficient (Wildman–Crippen LogP) is 5.79. The normalized spacial score (nSPS) is 27.6. The van der Waals surface area contributed by atoms with Crippen molar-refractivity contribution >= 4 is 24.8 Å². The second-order valence-electron chi connectivity index (χ2n) is 8.76. The van der Waals surface area contributed by atoms with Crippen molar-refractivity contribution in [2.24, 2.45) is 17.1 Å². The Morgan fingerprint density at radius 1 is 1.10 bits per heavy atom. The van der Waals surface area contributed by atoms with Gasteiger partial charge in [0.2, 0.25) is 0 Å². The number of benzene rings is 1. The van der Waals surface area contributed by atoms with Crippen LogP contribution in [-0.2, 0) is 4.74 Å². The molecule has 1 saturated heterocycles. The molecule has 2 heterocycles. The van der Waals surface area contributed by atoms with Crippen LogP contribution in [0.3, 0.4) is 0 Å². The van der Waals surface area contributed by atoms with Gasteiger partial charge < -0.3 is 15.4 Å². The lowest BCUT2D eigenvalue weighted by Gasteiger charge is -2.40. The summed E-state index contributed by atoms with van der Waals surface area (Å²) in [6, 6.07) is 11.0. The molecule has 0 radical (unpaired) electrons. The van der Waals surface area contributed by atoms with Crippen molar-refractivity contribution in [3.63, 3.8) is 0 Å². The summed E-state index contributed by atoms with van der Waals surface area (Å²) >= 11 is 0. The standard InChI is InChI=1S/C24H32N2O.2ClH/c1-16-18(3)27-14-21-17(2)24(4,23(25)22(16)21)15-26-12-10-20(11-13-26)19-8-6-5-7-9-19;;/h5-9,14,17,20H,10-13,15,25H2,1-4H3;2*1H. The Bertz CT molecular complexity index is 823. The number of nitrogens with zero attached hydrogens (tertiary/aromatic N) is 1. The van der Waals surface area contributed by atoms with E-state index in [2.05, 4.69) is 56.0 Å². The van der Waals surface area contributed by atoms with Crippen molar-refractivity contribution in [3.8, 4) is 0 Å². The molecule has 29 heavy (non-hydrogen) atoms. The van der Waals surface area contributed by atoms with Gasteiger partial charge in [0.25, 0.3) is 0 Å². The molecule has 3 nitrogen and oxygen atoms in total. The van der Waals surface area contributed by atoms with E-state index in [0.29, 0.717) is 11.8 Å². The fourth-order valence-electron chi connectivity index (χ4n) is 5.07. The van der Waals surface area contributed by atoms with Crippen LogP contribution in [0.15, 0.2) is 64.8 Å². The van der Waals surface area contributed by atoms with E-state index in [4.69, 9.17) is 10.5 Å². The molecule has 2 unspecified atom stereocenters. The third kappa shape index (κ3) is 4.10. The summed E-state index contributed by atoms with van der Waals surface area (Å²) in [4.78, 5) is 2.62. The monoisotopic (exact) mass is 436 g/mol. The molecule has 1 fully saturated rings. The van der Waals surface area contributed by atoms with Gasteiger partial charge in [0.05, 0.1) is 6.26 Å². The lowest BCUT2D eigenvalue weighted by molar-refractivity contribution is 0.133. The fourth-order valence-corrected chi connectivity index (χ4v) is 5.07. The predicted molar refractivity (Wildman–Crippen MR) is 125 cm³/mol. The fraction of sp³-hybridized carbons (Fsp3) is 0.500. The molecule has 0 aromatic heterocycles. The SMILES string of the molecule is CC1=C(C)C2=C(N)C(C)(CN3CCC(c4ccccc4)CC3)C(C)C2=CO1.Cl.Cl. The molecule has 1 aromatic rings. The molecule has 4 rings (SSSR count). The van der Waals surface area contributed by atoms with Crippen molar-refractivity contribution in [1.29, 1.82) is 0 Å². The zero-order chi connectivity index (χ0) is 19.2. The van der Waals surface area contributed by atoms with Gasteiger partial charge in [-0.3, -0.25) is 0 Å². The van der Waals surface area contributed by atoms with Crippen molar-refractivity contribution in [2.75, 3.05) is 19.6 Å². The maximum absolute atomic E-state index is 6.77. The Kier molecular flexibility index (Phi) is 7.53. The van der Waals surface area contributed by atoms with E-state index in [-0.39, 0.29) is 30.2 Å². The summed E-state index contributed by atoms with van der Waals surface area (Å²) in [6.07, 6.45) is 4.39. The van der Waals surface area contributed by atoms with Crippen LogP contribution in [0.1, 0.15) is 52.0 Å².